The van der Waals surface area contributed by atoms with Gasteiger partial charge < -0.3 is 4.90 Å². The van der Waals surface area contributed by atoms with Gasteiger partial charge in [-0.05, 0) is 24.5 Å². The number of fused-ring (bicyclic) bond motifs is 1. The number of nitrogens with zero attached hydrogens (tertiary/aromatic N) is 1. The summed E-state index contributed by atoms with van der Waals surface area (Å²) in [6.07, 6.45) is 19.8. The summed E-state index contributed by atoms with van der Waals surface area (Å²) in [6.45, 7) is 0.870. The van der Waals surface area contributed by atoms with Crippen LogP contribution in [0.3, 0.4) is 0 Å². The minimum Gasteiger partial charge on any atom is -0.343 e. The molecule has 0 saturated carbocycles. The van der Waals surface area contributed by atoms with E-state index >= 15 is 0 Å². The summed E-state index contributed by atoms with van der Waals surface area (Å²) in [5.41, 5.74) is 1.73. The second-order valence-electron chi connectivity index (χ2n) is 2.59. The Hall–Kier alpha value is -1.68. The van der Waals surface area contributed by atoms with Crippen LogP contribution in [0.25, 0.3) is 0 Å². The van der Waals surface area contributed by atoms with Crippen LogP contribution >= 0.6 is 0 Å². The smallest absolute Gasteiger partial charge is 0.0574 e. The highest BCUT2D eigenvalue weighted by molar-refractivity contribution is 5.47. The molecule has 0 spiro atoms. The van der Waals surface area contributed by atoms with Gasteiger partial charge in [-0.15, -0.1) is 0 Å². The first-order valence-corrected chi connectivity index (χ1v) is 3.78. The average Bonchev–Trinajstić information content (AvgIpc) is 2.17. The van der Waals surface area contributed by atoms with Gasteiger partial charge in [-0.25, -0.2) is 0 Å². The summed E-state index contributed by atoms with van der Waals surface area (Å²) in [5, 5.41) is 0. The third-order valence-corrected chi connectivity index (χ3v) is 1.87. The maximum Gasteiger partial charge on any atom is 0.0574 e. The lowest BCUT2D eigenvalue weighted by Gasteiger charge is -2.26. The first kappa shape index (κ1) is 7.00. The Balaban J connectivity index is 2.43. The number of allylic oxidation sites excluding steroid dienone is 5. The van der Waals surface area contributed by atoms with Crippen LogP contribution in [0.15, 0.2) is 41.8 Å². The molecule has 12 heavy (non-hydrogen) atoms. The third kappa shape index (κ3) is 0.981. The minimum atomic E-state index is 0.724. The third-order valence-electron chi connectivity index (χ3n) is 1.87. The van der Waals surface area contributed by atoms with Gasteiger partial charge in [0, 0.05) is 18.8 Å². The number of hydrogen-bond donors (Lipinski definition) is 0. The molecule has 2 heterocycles. The molecular weight excluding hydrogens is 146 g/mol. The van der Waals surface area contributed by atoms with Crippen molar-refractivity contribution in [2.45, 2.75) is 0 Å². The molecule has 2 radical (unpaired) electrons. The minimum absolute atomic E-state index is 0.724. The van der Waals surface area contributed by atoms with Gasteiger partial charge in [0.2, 0.25) is 0 Å². The van der Waals surface area contributed by atoms with Crippen molar-refractivity contribution >= 4 is 0 Å². The van der Waals surface area contributed by atoms with Gasteiger partial charge in [-0.1, -0.05) is 12.2 Å². The van der Waals surface area contributed by atoms with Gasteiger partial charge in [0.05, 0.1) is 11.3 Å². The summed E-state index contributed by atoms with van der Waals surface area (Å²) < 4.78 is 0. The second kappa shape index (κ2) is 2.75. The molecule has 56 valence electrons. The Labute approximate surface area is 72.4 Å². The van der Waals surface area contributed by atoms with Gasteiger partial charge >= 0.3 is 0 Å². The van der Waals surface area contributed by atoms with E-state index in [9.17, 15) is 0 Å². The quantitative estimate of drug-likeness (QED) is 0.478. The van der Waals surface area contributed by atoms with Crippen LogP contribution in [0, 0.1) is 18.4 Å². The molecular formula is C11H7N. The van der Waals surface area contributed by atoms with Crippen molar-refractivity contribution in [3.63, 3.8) is 0 Å². The predicted molar refractivity (Wildman–Crippen MR) is 47.0 cm³/mol. The number of rotatable bonds is 0. The molecule has 0 bridgehead atoms. The van der Waals surface area contributed by atoms with Crippen LogP contribution < -0.4 is 0 Å². The molecule has 2 aliphatic heterocycles. The number of hydrogen-bond acceptors (Lipinski definition) is 1. The maximum atomic E-state index is 7.05. The fourth-order valence-electron chi connectivity index (χ4n) is 1.28. The summed E-state index contributed by atoms with van der Waals surface area (Å²) in [4.78, 5) is 2.06. The Morgan fingerprint density at radius 3 is 3.33 bits per heavy atom. The second-order valence-corrected chi connectivity index (χ2v) is 2.59. The van der Waals surface area contributed by atoms with E-state index in [1.165, 1.54) is 0 Å². The molecule has 0 aliphatic carbocycles. The lowest BCUT2D eigenvalue weighted by Crippen LogP contribution is -2.21. The zero-order valence-electron chi connectivity index (χ0n) is 6.54. The fraction of sp³-hybridized carbons (Fsp3) is 0.0909. The van der Waals surface area contributed by atoms with E-state index in [1.54, 1.807) is 0 Å². The summed E-state index contributed by atoms with van der Waals surface area (Å²) in [6, 6.07) is 0. The van der Waals surface area contributed by atoms with Crippen molar-refractivity contribution in [1.29, 1.82) is 0 Å². The van der Waals surface area contributed by atoms with Crippen LogP contribution in [0.5, 0.6) is 0 Å². The highest BCUT2D eigenvalue weighted by Crippen LogP contribution is 2.21. The molecule has 0 saturated heterocycles. The van der Waals surface area contributed by atoms with Gasteiger partial charge in [0.15, 0.2) is 0 Å². The molecule has 0 N–H and O–H groups in total. The van der Waals surface area contributed by atoms with E-state index in [0.717, 1.165) is 17.8 Å². The highest BCUT2D eigenvalue weighted by Gasteiger charge is 2.13. The molecule has 0 aromatic rings. The molecule has 2 aliphatic rings. The van der Waals surface area contributed by atoms with Crippen LogP contribution in [0.4, 0.5) is 0 Å². The van der Waals surface area contributed by atoms with E-state index in [4.69, 9.17) is 6.42 Å². The Morgan fingerprint density at radius 1 is 1.58 bits per heavy atom. The molecule has 0 amide bonds. The molecule has 1 heteroatoms. The fourth-order valence-corrected chi connectivity index (χ4v) is 1.28. The predicted octanol–water partition coefficient (Wildman–Crippen LogP) is 1.59. The molecule has 0 unspecified atom stereocenters. The van der Waals surface area contributed by atoms with Crippen LogP contribution in [0.1, 0.15) is 0 Å². The standard InChI is InChI=1S/C11H7N/c1-2-10-6-5-9-12-8-4-3-7-11(10)12/h3-5,7,9H,8H2. The Kier molecular flexibility index (Phi) is 1.60. The lowest BCUT2D eigenvalue weighted by atomic mass is 10.1. The molecule has 1 nitrogen and oxygen atoms in total. The van der Waals surface area contributed by atoms with E-state index in [0.29, 0.717) is 0 Å². The monoisotopic (exact) mass is 153 g/mol. The zero-order valence-corrected chi connectivity index (χ0v) is 6.54. The zero-order chi connectivity index (χ0) is 8.39. The van der Waals surface area contributed by atoms with Crippen LogP contribution in [-0.4, -0.2) is 11.4 Å². The van der Waals surface area contributed by atoms with Crippen molar-refractivity contribution in [3.8, 4) is 5.92 Å². The molecule has 2 rings (SSSR count). The maximum absolute atomic E-state index is 7.05. The van der Waals surface area contributed by atoms with Crippen molar-refractivity contribution < 1.29 is 0 Å². The topological polar surface area (TPSA) is 3.24 Å². The van der Waals surface area contributed by atoms with Gasteiger partial charge in [0.25, 0.3) is 0 Å². The molecule has 0 fully saturated rings. The van der Waals surface area contributed by atoms with Gasteiger partial charge in [0.1, 0.15) is 0 Å². The summed E-state index contributed by atoms with van der Waals surface area (Å²) in [5.74, 6) is 2.36. The average molecular weight is 153 g/mol. The SMILES string of the molecule is [C]#CC1=[C]C=CN2CC=CC=C12. The Morgan fingerprint density at radius 2 is 2.50 bits per heavy atom. The van der Waals surface area contributed by atoms with Crippen LogP contribution in [0.2, 0.25) is 0 Å². The van der Waals surface area contributed by atoms with E-state index in [-0.39, 0.29) is 0 Å². The lowest BCUT2D eigenvalue weighted by molar-refractivity contribution is 0.517. The van der Waals surface area contributed by atoms with Crippen molar-refractivity contribution in [1.82, 2.24) is 4.90 Å². The summed E-state index contributed by atoms with van der Waals surface area (Å²) >= 11 is 0. The molecule has 0 aromatic carbocycles. The van der Waals surface area contributed by atoms with Crippen molar-refractivity contribution in [3.05, 3.63) is 54.3 Å². The highest BCUT2D eigenvalue weighted by atomic mass is 15.1. The first-order chi connectivity index (χ1) is 5.92. The van der Waals surface area contributed by atoms with E-state index in [1.807, 2.05) is 24.4 Å². The van der Waals surface area contributed by atoms with Crippen molar-refractivity contribution in [2.75, 3.05) is 6.54 Å². The largest absolute Gasteiger partial charge is 0.343 e. The first-order valence-electron chi connectivity index (χ1n) is 3.78. The van der Waals surface area contributed by atoms with Crippen LogP contribution in [-0.2, 0) is 0 Å². The summed E-state index contributed by atoms with van der Waals surface area (Å²) in [7, 11) is 0. The van der Waals surface area contributed by atoms with Gasteiger partial charge in [-0.2, -0.15) is 0 Å². The Bertz CT molecular complexity index is 348. The molecule has 0 atom stereocenters. The van der Waals surface area contributed by atoms with Crippen molar-refractivity contribution in [2.24, 2.45) is 0 Å². The normalized spacial score (nSPS) is 19.4. The molecule has 0 aromatic heterocycles. The van der Waals surface area contributed by atoms with E-state index in [2.05, 4.69) is 23.0 Å². The van der Waals surface area contributed by atoms with Gasteiger partial charge in [-0.3, -0.25) is 0 Å². The van der Waals surface area contributed by atoms with E-state index < -0.39 is 0 Å².